The molecule has 0 unspecified atom stereocenters. The van der Waals surface area contributed by atoms with Crippen molar-refractivity contribution >= 4 is 0 Å². The van der Waals surface area contributed by atoms with Gasteiger partial charge in [-0.15, -0.1) is 0 Å². The molecule has 0 aliphatic carbocycles. The summed E-state index contributed by atoms with van der Waals surface area (Å²) in [5.41, 5.74) is -0.0851. The predicted molar refractivity (Wildman–Crippen MR) is 36.4 cm³/mol. The van der Waals surface area contributed by atoms with Crippen molar-refractivity contribution in [2.75, 3.05) is 26.2 Å². The smallest absolute Gasteiger partial charge is 0.0623 e. The Hall–Kier alpha value is -0.120. The van der Waals surface area contributed by atoms with E-state index in [-0.39, 0.29) is 12.1 Å². The van der Waals surface area contributed by atoms with Crippen LogP contribution in [0.5, 0.6) is 0 Å². The maximum Gasteiger partial charge on any atom is 0.0623 e. The zero-order valence-electron chi connectivity index (χ0n) is 5.78. The van der Waals surface area contributed by atoms with Gasteiger partial charge in [-0.25, -0.2) is 0 Å². The van der Waals surface area contributed by atoms with Crippen LogP contribution in [0.4, 0.5) is 0 Å². The molecule has 3 nitrogen and oxygen atoms in total. The highest BCUT2D eigenvalue weighted by molar-refractivity contribution is 4.88. The number of hydrogen-bond acceptors (Lipinski definition) is 3. The fourth-order valence-electron chi connectivity index (χ4n) is 0.991. The lowest BCUT2D eigenvalue weighted by atomic mass is 10.0. The SMILES string of the molecule is C[C@@]1(CO)CNCCN1. The molecular formula is C6H14N2O. The molecule has 0 spiro atoms. The molecule has 9 heavy (non-hydrogen) atoms. The van der Waals surface area contributed by atoms with Crippen molar-refractivity contribution in [2.24, 2.45) is 0 Å². The van der Waals surface area contributed by atoms with Gasteiger partial charge in [0.1, 0.15) is 0 Å². The monoisotopic (exact) mass is 130 g/mol. The average molecular weight is 130 g/mol. The molecular weight excluding hydrogens is 116 g/mol. The summed E-state index contributed by atoms with van der Waals surface area (Å²) in [7, 11) is 0. The van der Waals surface area contributed by atoms with Crippen molar-refractivity contribution in [1.29, 1.82) is 0 Å². The second kappa shape index (κ2) is 2.64. The molecule has 0 aromatic carbocycles. The maximum atomic E-state index is 8.85. The molecule has 1 fully saturated rings. The van der Waals surface area contributed by atoms with Gasteiger partial charge in [0.25, 0.3) is 0 Å². The highest BCUT2D eigenvalue weighted by Crippen LogP contribution is 2.01. The molecule has 0 radical (unpaired) electrons. The molecule has 0 aromatic rings. The summed E-state index contributed by atoms with van der Waals surface area (Å²) in [5.74, 6) is 0. The molecule has 3 heteroatoms. The van der Waals surface area contributed by atoms with Crippen LogP contribution in [0.3, 0.4) is 0 Å². The minimum absolute atomic E-state index is 0.0851. The molecule has 1 rings (SSSR count). The van der Waals surface area contributed by atoms with E-state index in [0.29, 0.717) is 0 Å². The standard InChI is InChI=1S/C6H14N2O/c1-6(5-9)4-7-2-3-8-6/h7-9H,2-5H2,1H3/t6-/m0/s1. The first-order valence-electron chi connectivity index (χ1n) is 3.33. The lowest BCUT2D eigenvalue weighted by Crippen LogP contribution is -2.59. The predicted octanol–water partition coefficient (Wildman–Crippen LogP) is -1.07. The number of rotatable bonds is 1. The normalized spacial score (nSPS) is 36.7. The Balaban J connectivity index is 2.37. The molecule has 1 heterocycles. The third-order valence-corrected chi connectivity index (χ3v) is 1.72. The summed E-state index contributed by atoms with van der Waals surface area (Å²) in [6.07, 6.45) is 0. The number of piperazine rings is 1. The van der Waals surface area contributed by atoms with Gasteiger partial charge in [0.05, 0.1) is 12.1 Å². The average Bonchev–Trinajstić information content (AvgIpc) is 1.90. The van der Waals surface area contributed by atoms with E-state index in [9.17, 15) is 0 Å². The van der Waals surface area contributed by atoms with Crippen LogP contribution in [0.25, 0.3) is 0 Å². The minimum Gasteiger partial charge on any atom is -0.394 e. The Morgan fingerprint density at radius 1 is 1.56 bits per heavy atom. The van der Waals surface area contributed by atoms with Crippen LogP contribution < -0.4 is 10.6 Å². The lowest BCUT2D eigenvalue weighted by Gasteiger charge is -2.33. The third-order valence-electron chi connectivity index (χ3n) is 1.72. The number of nitrogens with one attached hydrogen (secondary N) is 2. The zero-order valence-corrected chi connectivity index (χ0v) is 5.78. The van der Waals surface area contributed by atoms with E-state index in [1.54, 1.807) is 0 Å². The van der Waals surface area contributed by atoms with Crippen molar-refractivity contribution < 1.29 is 5.11 Å². The van der Waals surface area contributed by atoms with Gasteiger partial charge in [0.15, 0.2) is 0 Å². The molecule has 1 atom stereocenters. The van der Waals surface area contributed by atoms with E-state index in [2.05, 4.69) is 10.6 Å². The zero-order chi connectivity index (χ0) is 6.74. The fourth-order valence-corrected chi connectivity index (χ4v) is 0.991. The summed E-state index contributed by atoms with van der Waals surface area (Å²) in [6.45, 7) is 5.05. The van der Waals surface area contributed by atoms with Gasteiger partial charge in [-0.2, -0.15) is 0 Å². The topological polar surface area (TPSA) is 44.3 Å². The molecule has 0 bridgehead atoms. The van der Waals surface area contributed by atoms with Gasteiger partial charge in [-0.05, 0) is 6.92 Å². The summed E-state index contributed by atoms with van der Waals surface area (Å²) >= 11 is 0. The molecule has 3 N–H and O–H groups in total. The van der Waals surface area contributed by atoms with Crippen LogP contribution in [-0.4, -0.2) is 36.9 Å². The van der Waals surface area contributed by atoms with Gasteiger partial charge < -0.3 is 15.7 Å². The quantitative estimate of drug-likeness (QED) is 0.423. The summed E-state index contributed by atoms with van der Waals surface area (Å²) in [4.78, 5) is 0. The fraction of sp³-hybridized carbons (Fsp3) is 1.00. The second-order valence-electron chi connectivity index (χ2n) is 2.82. The van der Waals surface area contributed by atoms with Gasteiger partial charge in [0.2, 0.25) is 0 Å². The Morgan fingerprint density at radius 3 is 2.67 bits per heavy atom. The number of aliphatic hydroxyl groups excluding tert-OH is 1. The van der Waals surface area contributed by atoms with Crippen LogP contribution in [-0.2, 0) is 0 Å². The highest BCUT2D eigenvalue weighted by atomic mass is 16.3. The van der Waals surface area contributed by atoms with Gasteiger partial charge in [-0.1, -0.05) is 0 Å². The van der Waals surface area contributed by atoms with Gasteiger partial charge in [0, 0.05) is 19.6 Å². The van der Waals surface area contributed by atoms with Crippen LogP contribution in [0.15, 0.2) is 0 Å². The highest BCUT2D eigenvalue weighted by Gasteiger charge is 2.24. The van der Waals surface area contributed by atoms with Crippen LogP contribution in [0.2, 0.25) is 0 Å². The van der Waals surface area contributed by atoms with E-state index >= 15 is 0 Å². The van der Waals surface area contributed by atoms with Crippen molar-refractivity contribution in [3.8, 4) is 0 Å². The Bertz CT molecular complexity index is 89.1. The Morgan fingerprint density at radius 2 is 2.33 bits per heavy atom. The summed E-state index contributed by atoms with van der Waals surface area (Å²) < 4.78 is 0. The molecule has 0 saturated carbocycles. The van der Waals surface area contributed by atoms with Crippen molar-refractivity contribution in [3.05, 3.63) is 0 Å². The van der Waals surface area contributed by atoms with E-state index in [0.717, 1.165) is 19.6 Å². The van der Waals surface area contributed by atoms with Gasteiger partial charge >= 0.3 is 0 Å². The first-order chi connectivity index (χ1) is 4.27. The number of aliphatic hydroxyl groups is 1. The molecule has 1 aliphatic heterocycles. The van der Waals surface area contributed by atoms with Gasteiger partial charge in [-0.3, -0.25) is 0 Å². The van der Waals surface area contributed by atoms with Crippen LogP contribution >= 0.6 is 0 Å². The molecule has 0 amide bonds. The van der Waals surface area contributed by atoms with Crippen LogP contribution in [0.1, 0.15) is 6.92 Å². The minimum atomic E-state index is -0.0851. The van der Waals surface area contributed by atoms with Crippen molar-refractivity contribution in [1.82, 2.24) is 10.6 Å². The number of hydrogen-bond donors (Lipinski definition) is 3. The first kappa shape index (κ1) is 6.99. The van der Waals surface area contributed by atoms with Crippen LogP contribution in [0, 0.1) is 0 Å². The van der Waals surface area contributed by atoms with Crippen molar-refractivity contribution in [2.45, 2.75) is 12.5 Å². The molecule has 1 aliphatic rings. The van der Waals surface area contributed by atoms with E-state index < -0.39 is 0 Å². The van der Waals surface area contributed by atoms with Crippen molar-refractivity contribution in [3.63, 3.8) is 0 Å². The lowest BCUT2D eigenvalue weighted by molar-refractivity contribution is 0.157. The van der Waals surface area contributed by atoms with E-state index in [4.69, 9.17) is 5.11 Å². The maximum absolute atomic E-state index is 8.85. The second-order valence-corrected chi connectivity index (χ2v) is 2.82. The summed E-state index contributed by atoms with van der Waals surface area (Å²) in [5, 5.41) is 15.3. The van der Waals surface area contributed by atoms with E-state index in [1.807, 2.05) is 6.92 Å². The molecule has 0 aromatic heterocycles. The molecule has 1 saturated heterocycles. The third kappa shape index (κ3) is 1.64. The largest absolute Gasteiger partial charge is 0.394 e. The summed E-state index contributed by atoms with van der Waals surface area (Å²) in [6, 6.07) is 0. The Kier molecular flexibility index (Phi) is 2.05. The molecule has 54 valence electrons. The Labute approximate surface area is 55.5 Å². The first-order valence-corrected chi connectivity index (χ1v) is 3.33. The van der Waals surface area contributed by atoms with E-state index in [1.165, 1.54) is 0 Å².